The summed E-state index contributed by atoms with van der Waals surface area (Å²) in [5.74, 6) is -0.433. The summed E-state index contributed by atoms with van der Waals surface area (Å²) in [4.78, 5) is 48.0. The van der Waals surface area contributed by atoms with Crippen LogP contribution in [0.4, 0.5) is 17.5 Å². The molecule has 2 aromatic carbocycles. The van der Waals surface area contributed by atoms with Gasteiger partial charge in [0.05, 0.1) is 11.5 Å². The van der Waals surface area contributed by atoms with Crippen LogP contribution >= 0.6 is 0 Å². The van der Waals surface area contributed by atoms with Gasteiger partial charge < -0.3 is 15.5 Å². The van der Waals surface area contributed by atoms with Crippen LogP contribution in [0.3, 0.4) is 0 Å². The molecule has 0 aliphatic carbocycles. The zero-order valence-corrected chi connectivity index (χ0v) is 19.7. The average Bonchev–Trinajstić information content (AvgIpc) is 2.84. The Morgan fingerprint density at radius 3 is 2.60 bits per heavy atom. The SMILES string of the molecule is Cc1cccc(NC(=O)[C@@H]2CC(=O)Nc3nc(N4CCC(Cc5ccccc5)CC4)[nH]c(=O)c32)c1. The van der Waals surface area contributed by atoms with Crippen molar-refractivity contribution in [3.05, 3.63) is 81.6 Å². The van der Waals surface area contributed by atoms with Gasteiger partial charge in [0.1, 0.15) is 5.82 Å². The molecule has 0 unspecified atom stereocenters. The molecule has 5 rings (SSSR count). The first-order valence-corrected chi connectivity index (χ1v) is 12.1. The lowest BCUT2D eigenvalue weighted by Crippen LogP contribution is -2.40. The van der Waals surface area contributed by atoms with Gasteiger partial charge in [0.15, 0.2) is 0 Å². The molecule has 2 aliphatic rings. The van der Waals surface area contributed by atoms with Crippen LogP contribution in [0.5, 0.6) is 0 Å². The average molecular weight is 472 g/mol. The number of piperidine rings is 1. The van der Waals surface area contributed by atoms with Crippen LogP contribution in [0.1, 0.15) is 41.9 Å². The van der Waals surface area contributed by atoms with E-state index in [4.69, 9.17) is 0 Å². The zero-order valence-electron chi connectivity index (χ0n) is 19.7. The van der Waals surface area contributed by atoms with Crippen LogP contribution in [0.25, 0.3) is 0 Å². The number of rotatable bonds is 5. The van der Waals surface area contributed by atoms with Crippen molar-refractivity contribution in [2.45, 2.75) is 38.5 Å². The standard InChI is InChI=1S/C27H29N5O3/c1-17-6-5-9-20(14-17)28-25(34)21-16-22(33)29-24-23(21)26(35)31-27(30-24)32-12-10-19(11-13-32)15-18-7-3-2-4-8-18/h2-9,14,19,21H,10-13,15-16H2,1H3,(H,28,34)(H2,29,30,31,33,35)/t21-/m1/s1. The molecule has 2 aliphatic heterocycles. The summed E-state index contributed by atoms with van der Waals surface area (Å²) in [6.45, 7) is 3.47. The highest BCUT2D eigenvalue weighted by atomic mass is 16.2. The number of aryl methyl sites for hydroxylation is 1. The molecule has 8 heteroatoms. The minimum absolute atomic E-state index is 0.0976. The number of benzene rings is 2. The Bertz CT molecular complexity index is 1300. The maximum atomic E-state index is 13.1. The van der Waals surface area contributed by atoms with E-state index in [0.717, 1.165) is 37.9 Å². The molecule has 35 heavy (non-hydrogen) atoms. The Balaban J connectivity index is 1.32. The lowest BCUT2D eigenvalue weighted by atomic mass is 9.90. The second kappa shape index (κ2) is 9.74. The maximum Gasteiger partial charge on any atom is 0.258 e. The topological polar surface area (TPSA) is 107 Å². The number of carbonyl (C=O) groups excluding carboxylic acids is 2. The second-order valence-electron chi connectivity index (χ2n) is 9.44. The fourth-order valence-corrected chi connectivity index (χ4v) is 4.98. The molecule has 3 heterocycles. The molecule has 3 aromatic rings. The van der Waals surface area contributed by atoms with Gasteiger partial charge in [0.2, 0.25) is 17.8 Å². The minimum Gasteiger partial charge on any atom is -0.342 e. The van der Waals surface area contributed by atoms with Gasteiger partial charge in [0, 0.05) is 25.2 Å². The highest BCUT2D eigenvalue weighted by Crippen LogP contribution is 2.31. The smallest absolute Gasteiger partial charge is 0.258 e. The largest absolute Gasteiger partial charge is 0.342 e. The van der Waals surface area contributed by atoms with Crippen molar-refractivity contribution in [1.82, 2.24) is 9.97 Å². The van der Waals surface area contributed by atoms with Gasteiger partial charge in [0.25, 0.3) is 5.56 Å². The van der Waals surface area contributed by atoms with Crippen molar-refractivity contribution in [2.24, 2.45) is 5.92 Å². The lowest BCUT2D eigenvalue weighted by molar-refractivity contribution is -0.123. The Morgan fingerprint density at radius 2 is 1.86 bits per heavy atom. The number of carbonyl (C=O) groups is 2. The first kappa shape index (κ1) is 22.8. The Kier molecular flexibility index (Phi) is 6.35. The molecule has 0 bridgehead atoms. The zero-order chi connectivity index (χ0) is 24.4. The second-order valence-corrected chi connectivity index (χ2v) is 9.44. The first-order chi connectivity index (χ1) is 17.0. The van der Waals surface area contributed by atoms with Gasteiger partial charge in [-0.1, -0.05) is 42.5 Å². The molecular formula is C27H29N5O3. The lowest BCUT2D eigenvalue weighted by Gasteiger charge is -2.33. The van der Waals surface area contributed by atoms with E-state index in [1.165, 1.54) is 5.56 Å². The van der Waals surface area contributed by atoms with E-state index in [0.29, 0.717) is 17.6 Å². The number of anilines is 3. The number of aromatic nitrogens is 2. The van der Waals surface area contributed by atoms with E-state index >= 15 is 0 Å². The van der Waals surface area contributed by atoms with Crippen molar-refractivity contribution < 1.29 is 9.59 Å². The predicted molar refractivity (Wildman–Crippen MR) is 136 cm³/mol. The van der Waals surface area contributed by atoms with Crippen LogP contribution in [0, 0.1) is 12.8 Å². The van der Waals surface area contributed by atoms with Crippen molar-refractivity contribution in [1.29, 1.82) is 0 Å². The number of aromatic amines is 1. The van der Waals surface area contributed by atoms with Crippen LogP contribution in [-0.2, 0) is 16.0 Å². The van der Waals surface area contributed by atoms with Crippen molar-refractivity contribution in [2.75, 3.05) is 28.6 Å². The fraction of sp³-hybridized carbons (Fsp3) is 0.333. The Hall–Kier alpha value is -3.94. The van der Waals surface area contributed by atoms with Gasteiger partial charge in [-0.3, -0.25) is 19.4 Å². The highest BCUT2D eigenvalue weighted by Gasteiger charge is 2.35. The molecule has 1 fully saturated rings. The molecule has 1 saturated heterocycles. The van der Waals surface area contributed by atoms with Gasteiger partial charge in [-0.2, -0.15) is 4.98 Å². The van der Waals surface area contributed by atoms with Gasteiger partial charge in [-0.05, 0) is 55.4 Å². The van der Waals surface area contributed by atoms with Gasteiger partial charge in [-0.25, -0.2) is 0 Å². The number of hydrogen-bond donors (Lipinski definition) is 3. The molecular weight excluding hydrogens is 442 g/mol. The molecule has 1 atom stereocenters. The molecule has 2 amide bonds. The van der Waals surface area contributed by atoms with Crippen LogP contribution < -0.4 is 21.1 Å². The minimum atomic E-state index is -0.902. The molecule has 0 spiro atoms. The van der Waals surface area contributed by atoms with Crippen molar-refractivity contribution in [3.63, 3.8) is 0 Å². The molecule has 1 aromatic heterocycles. The van der Waals surface area contributed by atoms with E-state index in [1.54, 1.807) is 6.07 Å². The highest BCUT2D eigenvalue weighted by molar-refractivity contribution is 6.04. The molecule has 3 N–H and O–H groups in total. The number of nitrogens with zero attached hydrogens (tertiary/aromatic N) is 2. The number of nitrogens with one attached hydrogen (secondary N) is 3. The summed E-state index contributed by atoms with van der Waals surface area (Å²) in [7, 11) is 0. The van der Waals surface area contributed by atoms with E-state index in [1.807, 2.05) is 36.1 Å². The van der Waals surface area contributed by atoms with Crippen LogP contribution in [0.15, 0.2) is 59.4 Å². The third-order valence-corrected chi connectivity index (χ3v) is 6.82. The summed E-state index contributed by atoms with van der Waals surface area (Å²) in [6.07, 6.45) is 2.92. The molecule has 0 radical (unpaired) electrons. The van der Waals surface area contributed by atoms with E-state index in [2.05, 4.69) is 44.9 Å². The Morgan fingerprint density at radius 1 is 1.09 bits per heavy atom. The molecule has 180 valence electrons. The maximum absolute atomic E-state index is 13.1. The Labute approximate surface area is 203 Å². The van der Waals surface area contributed by atoms with E-state index in [9.17, 15) is 14.4 Å². The molecule has 8 nitrogen and oxygen atoms in total. The number of hydrogen-bond acceptors (Lipinski definition) is 5. The number of H-pyrrole nitrogens is 1. The normalized spacial score (nSPS) is 18.0. The molecule has 0 saturated carbocycles. The van der Waals surface area contributed by atoms with E-state index in [-0.39, 0.29) is 29.3 Å². The number of fused-ring (bicyclic) bond motifs is 1. The summed E-state index contributed by atoms with van der Waals surface area (Å²) < 4.78 is 0. The van der Waals surface area contributed by atoms with Crippen molar-refractivity contribution >= 4 is 29.3 Å². The summed E-state index contributed by atoms with van der Waals surface area (Å²) in [5.41, 5.74) is 2.78. The fourth-order valence-electron chi connectivity index (χ4n) is 4.98. The quantitative estimate of drug-likeness (QED) is 0.527. The first-order valence-electron chi connectivity index (χ1n) is 12.1. The summed E-state index contributed by atoms with van der Waals surface area (Å²) in [6, 6.07) is 17.9. The third-order valence-electron chi connectivity index (χ3n) is 6.82. The third kappa shape index (κ3) is 5.11. The summed E-state index contributed by atoms with van der Waals surface area (Å²) >= 11 is 0. The summed E-state index contributed by atoms with van der Waals surface area (Å²) in [5, 5.41) is 5.54. The van der Waals surface area contributed by atoms with Gasteiger partial charge in [-0.15, -0.1) is 0 Å². The van der Waals surface area contributed by atoms with Crippen molar-refractivity contribution in [3.8, 4) is 0 Å². The van der Waals surface area contributed by atoms with Crippen LogP contribution in [0.2, 0.25) is 0 Å². The van der Waals surface area contributed by atoms with Crippen LogP contribution in [-0.4, -0.2) is 34.9 Å². The monoisotopic (exact) mass is 471 g/mol. The number of amides is 2. The van der Waals surface area contributed by atoms with Gasteiger partial charge >= 0.3 is 0 Å². The predicted octanol–water partition coefficient (Wildman–Crippen LogP) is 3.60. The van der Waals surface area contributed by atoms with E-state index < -0.39 is 11.8 Å².